The fraction of sp³-hybridized carbons (Fsp3) is 0.273. The molecule has 7 nitrogen and oxygen atoms in total. The van der Waals surface area contributed by atoms with Crippen molar-refractivity contribution in [3.63, 3.8) is 0 Å². The zero-order chi connectivity index (χ0) is 21.1. The molecule has 0 saturated heterocycles. The van der Waals surface area contributed by atoms with E-state index >= 15 is 0 Å². The van der Waals surface area contributed by atoms with Gasteiger partial charge in [-0.1, -0.05) is 42.1 Å². The van der Waals surface area contributed by atoms with Crippen LogP contribution in [0.4, 0.5) is 5.95 Å². The first-order chi connectivity index (χ1) is 14.6. The molecule has 1 aliphatic rings. The molecule has 4 rings (SSSR count). The van der Waals surface area contributed by atoms with Gasteiger partial charge in [-0.2, -0.15) is 4.98 Å². The van der Waals surface area contributed by atoms with Gasteiger partial charge in [-0.3, -0.25) is 4.98 Å². The average molecular weight is 422 g/mol. The Hall–Kier alpha value is -3.13. The lowest BCUT2D eigenvalue weighted by Gasteiger charge is -2.28. The van der Waals surface area contributed by atoms with Crippen LogP contribution in [0.5, 0.6) is 0 Å². The van der Waals surface area contributed by atoms with E-state index in [4.69, 9.17) is 9.84 Å². The number of hydrogen-bond donors (Lipinski definition) is 1. The van der Waals surface area contributed by atoms with Crippen molar-refractivity contribution in [1.29, 1.82) is 0 Å². The predicted molar refractivity (Wildman–Crippen MR) is 116 cm³/mol. The Kier molecular flexibility index (Phi) is 5.85. The van der Waals surface area contributed by atoms with Crippen molar-refractivity contribution in [2.24, 2.45) is 0 Å². The number of anilines is 1. The number of carbonyl (C=O) groups excluding carboxylic acids is 1. The summed E-state index contributed by atoms with van der Waals surface area (Å²) in [6.07, 6.45) is 3.59. The Morgan fingerprint density at radius 1 is 1.23 bits per heavy atom. The van der Waals surface area contributed by atoms with Crippen LogP contribution in [0.2, 0.25) is 0 Å². The van der Waals surface area contributed by atoms with E-state index in [1.54, 1.807) is 17.8 Å². The quantitative estimate of drug-likeness (QED) is 0.473. The summed E-state index contributed by atoms with van der Waals surface area (Å²) < 4.78 is 7.14. The zero-order valence-electron chi connectivity index (χ0n) is 17.1. The van der Waals surface area contributed by atoms with E-state index in [9.17, 15) is 4.79 Å². The van der Waals surface area contributed by atoms with Gasteiger partial charge >= 0.3 is 5.97 Å². The van der Waals surface area contributed by atoms with E-state index in [0.29, 0.717) is 29.0 Å². The molecule has 0 radical (unpaired) electrons. The van der Waals surface area contributed by atoms with Crippen LogP contribution in [0.25, 0.3) is 0 Å². The van der Waals surface area contributed by atoms with Crippen molar-refractivity contribution >= 4 is 23.7 Å². The van der Waals surface area contributed by atoms with Gasteiger partial charge in [0.05, 0.1) is 12.2 Å². The molecule has 0 spiro atoms. The van der Waals surface area contributed by atoms with E-state index < -0.39 is 6.04 Å². The van der Waals surface area contributed by atoms with E-state index in [1.807, 2.05) is 56.4 Å². The number of benzene rings is 1. The molecule has 0 saturated carbocycles. The van der Waals surface area contributed by atoms with Gasteiger partial charge in [0.2, 0.25) is 11.1 Å². The highest BCUT2D eigenvalue weighted by atomic mass is 32.2. The van der Waals surface area contributed by atoms with Gasteiger partial charge in [0.1, 0.15) is 6.04 Å². The summed E-state index contributed by atoms with van der Waals surface area (Å²) in [5, 5.41) is 8.60. The summed E-state index contributed by atoms with van der Waals surface area (Å²) in [4.78, 5) is 21.6. The fourth-order valence-corrected chi connectivity index (χ4v) is 4.24. The highest BCUT2D eigenvalue weighted by Crippen LogP contribution is 2.38. The first kappa shape index (κ1) is 20.2. The molecule has 1 aromatic carbocycles. The van der Waals surface area contributed by atoms with Gasteiger partial charge in [-0.15, -0.1) is 5.10 Å². The third-order valence-electron chi connectivity index (χ3n) is 4.90. The minimum Gasteiger partial charge on any atom is -0.463 e. The third-order valence-corrected chi connectivity index (χ3v) is 5.81. The average Bonchev–Trinajstić information content (AvgIpc) is 3.15. The maximum Gasteiger partial charge on any atom is 0.338 e. The van der Waals surface area contributed by atoms with Gasteiger partial charge in [0.25, 0.3) is 0 Å². The van der Waals surface area contributed by atoms with Crippen molar-refractivity contribution < 1.29 is 9.53 Å². The number of hydrogen-bond acceptors (Lipinski definition) is 7. The molecule has 2 aromatic heterocycles. The second-order valence-corrected chi connectivity index (χ2v) is 7.90. The highest BCUT2D eigenvalue weighted by molar-refractivity contribution is 7.98. The summed E-state index contributed by atoms with van der Waals surface area (Å²) in [5.41, 5.74) is 4.44. The lowest BCUT2D eigenvalue weighted by atomic mass is 9.93. The Balaban J connectivity index is 1.72. The first-order valence-electron chi connectivity index (χ1n) is 9.77. The van der Waals surface area contributed by atoms with Gasteiger partial charge < -0.3 is 10.1 Å². The summed E-state index contributed by atoms with van der Waals surface area (Å²) in [7, 11) is 0. The second kappa shape index (κ2) is 8.71. The van der Waals surface area contributed by atoms with Crippen LogP contribution in [0.15, 0.2) is 65.2 Å². The highest BCUT2D eigenvalue weighted by Gasteiger charge is 2.35. The number of ether oxygens (including phenoxy) is 1. The number of aryl methyl sites for hydroxylation is 1. The first-order valence-corrected chi connectivity index (χ1v) is 10.8. The lowest BCUT2D eigenvalue weighted by molar-refractivity contribution is -0.139. The Morgan fingerprint density at radius 2 is 2.07 bits per heavy atom. The molecule has 8 heteroatoms. The smallest absolute Gasteiger partial charge is 0.338 e. The molecule has 1 aliphatic heterocycles. The summed E-state index contributed by atoms with van der Waals surface area (Å²) in [5.74, 6) is 0.979. The third kappa shape index (κ3) is 3.95. The largest absolute Gasteiger partial charge is 0.463 e. The molecule has 0 amide bonds. The molecule has 3 aromatic rings. The van der Waals surface area contributed by atoms with Crippen molar-refractivity contribution in [2.45, 2.75) is 37.7 Å². The van der Waals surface area contributed by atoms with Crippen LogP contribution in [-0.2, 0) is 15.3 Å². The summed E-state index contributed by atoms with van der Waals surface area (Å²) >= 11 is 1.53. The Labute approximate surface area is 179 Å². The number of rotatable bonds is 6. The summed E-state index contributed by atoms with van der Waals surface area (Å²) in [6.45, 7) is 6.02. The molecule has 0 unspecified atom stereocenters. The van der Waals surface area contributed by atoms with Gasteiger partial charge in [-0.25, -0.2) is 9.48 Å². The molecule has 1 N–H and O–H groups in total. The van der Waals surface area contributed by atoms with Crippen LogP contribution >= 0.6 is 11.8 Å². The van der Waals surface area contributed by atoms with Crippen LogP contribution in [-0.4, -0.2) is 32.3 Å². The molecular formula is C22H23N5O2S. The molecule has 1 atom stereocenters. The number of thioether (sulfide) groups is 1. The van der Waals surface area contributed by atoms with E-state index in [2.05, 4.69) is 15.3 Å². The predicted octanol–water partition coefficient (Wildman–Crippen LogP) is 4.13. The SMILES string of the molecule is CCOC(=O)C1=C(C)Nc2nc(SCc3cccnc3)nn2[C@H]1c1ccccc1C. The normalized spacial score (nSPS) is 15.5. The van der Waals surface area contributed by atoms with Crippen LogP contribution < -0.4 is 5.32 Å². The zero-order valence-corrected chi connectivity index (χ0v) is 17.9. The maximum absolute atomic E-state index is 12.8. The number of fused-ring (bicyclic) bond motifs is 1. The van der Waals surface area contributed by atoms with Crippen LogP contribution in [0, 0.1) is 6.92 Å². The number of aromatic nitrogens is 4. The Bertz CT molecular complexity index is 1090. The minimum absolute atomic E-state index is 0.312. The minimum atomic E-state index is -0.401. The van der Waals surface area contributed by atoms with Crippen molar-refractivity contribution in [2.75, 3.05) is 11.9 Å². The molecule has 154 valence electrons. The van der Waals surface area contributed by atoms with Crippen LogP contribution in [0.1, 0.15) is 36.6 Å². The number of allylic oxidation sites excluding steroid dienone is 1. The monoisotopic (exact) mass is 421 g/mol. The van der Waals surface area contributed by atoms with Crippen LogP contribution in [0.3, 0.4) is 0 Å². The number of nitrogens with zero attached hydrogens (tertiary/aromatic N) is 4. The second-order valence-electron chi connectivity index (χ2n) is 6.96. The van der Waals surface area contributed by atoms with Gasteiger partial charge in [-0.05, 0) is 43.5 Å². The van der Waals surface area contributed by atoms with E-state index in [-0.39, 0.29) is 5.97 Å². The van der Waals surface area contributed by atoms with Gasteiger partial charge in [0.15, 0.2) is 0 Å². The lowest BCUT2D eigenvalue weighted by Crippen LogP contribution is -2.30. The standard InChI is InChI=1S/C22H23N5O2S/c1-4-29-20(28)18-15(3)24-21-25-22(30-13-16-9-7-11-23-12-16)26-27(21)19(18)17-10-6-5-8-14(17)2/h5-12,19H,4,13H2,1-3H3,(H,24,25,26)/t19-/m0/s1. The van der Waals surface area contributed by atoms with Gasteiger partial charge in [0, 0.05) is 23.8 Å². The molecule has 0 aliphatic carbocycles. The number of carbonyl (C=O) groups is 1. The molecule has 0 bridgehead atoms. The molecule has 3 heterocycles. The van der Waals surface area contributed by atoms with Crippen molar-refractivity contribution in [3.05, 3.63) is 76.8 Å². The number of nitrogens with one attached hydrogen (secondary N) is 1. The summed E-state index contributed by atoms with van der Waals surface area (Å²) in [6, 6.07) is 11.5. The number of esters is 1. The van der Waals surface area contributed by atoms with E-state index in [1.165, 1.54) is 11.8 Å². The Morgan fingerprint density at radius 3 is 2.80 bits per heavy atom. The molecule has 30 heavy (non-hydrogen) atoms. The maximum atomic E-state index is 12.8. The van der Waals surface area contributed by atoms with Crippen molar-refractivity contribution in [1.82, 2.24) is 19.7 Å². The molecular weight excluding hydrogens is 398 g/mol. The fourth-order valence-electron chi connectivity index (χ4n) is 3.48. The topological polar surface area (TPSA) is 81.9 Å². The van der Waals surface area contributed by atoms with Crippen molar-refractivity contribution in [3.8, 4) is 0 Å². The van der Waals surface area contributed by atoms with E-state index in [0.717, 1.165) is 22.4 Å². The molecule has 0 fully saturated rings. The number of pyridine rings is 1.